The summed E-state index contributed by atoms with van der Waals surface area (Å²) in [4.78, 5) is 20.4. The summed E-state index contributed by atoms with van der Waals surface area (Å²) in [5.41, 5.74) is 7.86. The van der Waals surface area contributed by atoms with Gasteiger partial charge in [0.2, 0.25) is 5.88 Å². The third kappa shape index (κ3) is 4.31. The number of benzene rings is 1. The van der Waals surface area contributed by atoms with Gasteiger partial charge in [-0.1, -0.05) is 30.3 Å². The predicted molar refractivity (Wildman–Crippen MR) is 111 cm³/mol. The number of amides is 1. The molecule has 0 saturated heterocycles. The van der Waals surface area contributed by atoms with Gasteiger partial charge in [0.05, 0.1) is 5.69 Å². The first-order chi connectivity index (χ1) is 13.7. The molecule has 1 amide bonds. The maximum atomic E-state index is 11.5. The van der Waals surface area contributed by atoms with Gasteiger partial charge < -0.3 is 15.8 Å². The van der Waals surface area contributed by atoms with Crippen LogP contribution in [0.3, 0.4) is 0 Å². The Labute approximate surface area is 167 Å². The number of thiazole rings is 1. The van der Waals surface area contributed by atoms with E-state index in [0.717, 1.165) is 42.1 Å². The van der Waals surface area contributed by atoms with E-state index in [2.05, 4.69) is 27.8 Å². The highest BCUT2D eigenvalue weighted by Gasteiger charge is 2.24. The topological polar surface area (TPSA) is 90.1 Å². The molecule has 1 aromatic carbocycles. The van der Waals surface area contributed by atoms with Crippen molar-refractivity contribution in [3.63, 3.8) is 0 Å². The average molecular weight is 395 g/mol. The van der Waals surface area contributed by atoms with E-state index >= 15 is 0 Å². The van der Waals surface area contributed by atoms with Gasteiger partial charge in [0.25, 0.3) is 5.91 Å². The van der Waals surface area contributed by atoms with E-state index in [0.29, 0.717) is 17.5 Å². The van der Waals surface area contributed by atoms with E-state index < -0.39 is 5.91 Å². The van der Waals surface area contributed by atoms with Gasteiger partial charge in [-0.05, 0) is 37.8 Å². The maximum absolute atomic E-state index is 11.5. The number of nitrogens with two attached hydrogens (primary N) is 1. The quantitative estimate of drug-likeness (QED) is 0.657. The molecule has 28 heavy (non-hydrogen) atoms. The fourth-order valence-corrected chi connectivity index (χ4v) is 4.21. The third-order valence-electron chi connectivity index (χ3n) is 4.89. The molecule has 2 heterocycles. The number of rotatable bonds is 6. The number of ether oxygens (including phenoxy) is 1. The summed E-state index contributed by atoms with van der Waals surface area (Å²) in [6, 6.07) is 13.9. The zero-order chi connectivity index (χ0) is 19.3. The highest BCUT2D eigenvalue weighted by molar-refractivity contribution is 7.14. The molecule has 7 heteroatoms. The molecule has 0 atom stereocenters. The summed E-state index contributed by atoms with van der Waals surface area (Å²) < 4.78 is 5.96. The molecule has 0 unspecified atom stereocenters. The van der Waals surface area contributed by atoms with Crippen molar-refractivity contribution >= 4 is 22.4 Å². The Bertz CT molecular complexity index is 936. The molecule has 1 saturated carbocycles. The van der Waals surface area contributed by atoms with Crippen LogP contribution in [0, 0.1) is 0 Å². The SMILES string of the molecule is NC(=O)c1cccnc1OC1CCC(Nc2nc(-c3ccccc3)cs2)CC1. The number of hydrogen-bond acceptors (Lipinski definition) is 6. The first-order valence-corrected chi connectivity index (χ1v) is 10.3. The minimum Gasteiger partial charge on any atom is -0.474 e. The summed E-state index contributed by atoms with van der Waals surface area (Å²) in [6.45, 7) is 0. The fourth-order valence-electron chi connectivity index (χ4n) is 3.41. The number of anilines is 1. The maximum Gasteiger partial charge on any atom is 0.254 e. The first kappa shape index (κ1) is 18.4. The van der Waals surface area contributed by atoms with Crippen molar-refractivity contribution in [2.75, 3.05) is 5.32 Å². The minimum absolute atomic E-state index is 0.0437. The van der Waals surface area contributed by atoms with Crippen molar-refractivity contribution in [1.29, 1.82) is 0 Å². The van der Waals surface area contributed by atoms with Crippen LogP contribution in [0.5, 0.6) is 5.88 Å². The van der Waals surface area contributed by atoms with E-state index in [1.807, 2.05) is 18.2 Å². The lowest BCUT2D eigenvalue weighted by Crippen LogP contribution is -2.31. The lowest BCUT2D eigenvalue weighted by Gasteiger charge is -2.29. The Balaban J connectivity index is 1.32. The molecule has 3 N–H and O–H groups in total. The zero-order valence-corrected chi connectivity index (χ0v) is 16.2. The summed E-state index contributed by atoms with van der Waals surface area (Å²) >= 11 is 1.63. The Hall–Kier alpha value is -2.93. The molecule has 0 radical (unpaired) electrons. The highest BCUT2D eigenvalue weighted by atomic mass is 32.1. The van der Waals surface area contributed by atoms with Crippen LogP contribution in [0.15, 0.2) is 54.0 Å². The van der Waals surface area contributed by atoms with Gasteiger partial charge in [-0.3, -0.25) is 4.79 Å². The minimum atomic E-state index is -0.517. The largest absolute Gasteiger partial charge is 0.474 e. The lowest BCUT2D eigenvalue weighted by atomic mass is 9.93. The number of nitrogens with one attached hydrogen (secondary N) is 1. The van der Waals surface area contributed by atoms with Crippen molar-refractivity contribution in [1.82, 2.24) is 9.97 Å². The number of carbonyl (C=O) groups excluding carboxylic acids is 1. The molecule has 0 spiro atoms. The average Bonchev–Trinajstić information content (AvgIpc) is 3.19. The van der Waals surface area contributed by atoms with Crippen LogP contribution in [0.2, 0.25) is 0 Å². The number of hydrogen-bond donors (Lipinski definition) is 2. The normalized spacial score (nSPS) is 19.1. The molecule has 6 nitrogen and oxygen atoms in total. The standard InChI is InChI=1S/C21H22N4O2S/c22-19(26)17-7-4-12-23-20(17)27-16-10-8-15(9-11-16)24-21-25-18(13-28-21)14-5-2-1-3-6-14/h1-7,12-13,15-16H,8-11H2,(H2,22,26)(H,24,25). The summed E-state index contributed by atoms with van der Waals surface area (Å²) in [5, 5.41) is 6.58. The number of pyridine rings is 1. The molecule has 1 aliphatic carbocycles. The van der Waals surface area contributed by atoms with Crippen LogP contribution >= 0.6 is 11.3 Å². The Morgan fingerprint density at radius 1 is 1.11 bits per heavy atom. The van der Waals surface area contributed by atoms with E-state index in [1.54, 1.807) is 29.7 Å². The van der Waals surface area contributed by atoms with Crippen LogP contribution in [0.4, 0.5) is 5.13 Å². The second-order valence-electron chi connectivity index (χ2n) is 6.86. The van der Waals surface area contributed by atoms with Crippen molar-refractivity contribution in [2.45, 2.75) is 37.8 Å². The molecule has 144 valence electrons. The molecule has 1 fully saturated rings. The van der Waals surface area contributed by atoms with Crippen LogP contribution in [-0.4, -0.2) is 28.0 Å². The van der Waals surface area contributed by atoms with Crippen LogP contribution in [0.25, 0.3) is 11.3 Å². The molecular formula is C21H22N4O2S. The molecular weight excluding hydrogens is 372 g/mol. The van der Waals surface area contributed by atoms with Crippen LogP contribution in [-0.2, 0) is 0 Å². The second-order valence-corrected chi connectivity index (χ2v) is 7.72. The van der Waals surface area contributed by atoms with E-state index in [-0.39, 0.29) is 6.10 Å². The molecule has 1 aliphatic rings. The van der Waals surface area contributed by atoms with Crippen LogP contribution < -0.4 is 15.8 Å². The molecule has 0 aliphatic heterocycles. The number of nitrogens with zero attached hydrogens (tertiary/aromatic N) is 2. The van der Waals surface area contributed by atoms with Crippen molar-refractivity contribution in [2.24, 2.45) is 5.73 Å². The van der Waals surface area contributed by atoms with E-state index in [4.69, 9.17) is 15.5 Å². The van der Waals surface area contributed by atoms with E-state index in [1.165, 1.54) is 0 Å². The number of carbonyl (C=O) groups is 1. The van der Waals surface area contributed by atoms with Gasteiger partial charge in [0, 0.05) is 23.2 Å². The number of aromatic nitrogens is 2. The Morgan fingerprint density at radius 3 is 2.64 bits per heavy atom. The van der Waals surface area contributed by atoms with Crippen molar-refractivity contribution in [3.8, 4) is 17.1 Å². The van der Waals surface area contributed by atoms with Gasteiger partial charge in [0.1, 0.15) is 11.7 Å². The summed E-state index contributed by atoms with van der Waals surface area (Å²) in [7, 11) is 0. The number of primary amides is 1. The third-order valence-corrected chi connectivity index (χ3v) is 5.66. The molecule has 4 rings (SSSR count). The van der Waals surface area contributed by atoms with Gasteiger partial charge >= 0.3 is 0 Å². The highest BCUT2D eigenvalue weighted by Crippen LogP contribution is 2.29. The fraction of sp³-hybridized carbons (Fsp3) is 0.286. The molecule has 2 aromatic heterocycles. The first-order valence-electron chi connectivity index (χ1n) is 9.38. The zero-order valence-electron chi connectivity index (χ0n) is 15.4. The molecule has 0 bridgehead atoms. The van der Waals surface area contributed by atoms with Crippen molar-refractivity contribution < 1.29 is 9.53 Å². The Kier molecular flexibility index (Phi) is 5.53. The summed E-state index contributed by atoms with van der Waals surface area (Å²) in [5.74, 6) is -0.185. The second kappa shape index (κ2) is 8.39. The molecule has 3 aromatic rings. The monoisotopic (exact) mass is 394 g/mol. The van der Waals surface area contributed by atoms with E-state index in [9.17, 15) is 4.79 Å². The lowest BCUT2D eigenvalue weighted by molar-refractivity contribution is 0.0983. The summed E-state index contributed by atoms with van der Waals surface area (Å²) in [6.07, 6.45) is 5.39. The van der Waals surface area contributed by atoms with Gasteiger partial charge in [-0.25, -0.2) is 9.97 Å². The van der Waals surface area contributed by atoms with Gasteiger partial charge in [-0.15, -0.1) is 11.3 Å². The predicted octanol–water partition coefficient (Wildman–Crippen LogP) is 4.11. The van der Waals surface area contributed by atoms with Crippen LogP contribution in [0.1, 0.15) is 36.0 Å². The Morgan fingerprint density at radius 2 is 1.89 bits per heavy atom. The van der Waals surface area contributed by atoms with Gasteiger partial charge in [-0.2, -0.15) is 0 Å². The van der Waals surface area contributed by atoms with Crippen molar-refractivity contribution in [3.05, 3.63) is 59.6 Å². The van der Waals surface area contributed by atoms with Gasteiger partial charge in [0.15, 0.2) is 5.13 Å². The smallest absolute Gasteiger partial charge is 0.254 e.